The van der Waals surface area contributed by atoms with Crippen LogP contribution in [0.2, 0.25) is 0 Å². The van der Waals surface area contributed by atoms with Gasteiger partial charge in [-0.15, -0.1) is 11.3 Å². The van der Waals surface area contributed by atoms with E-state index in [1.165, 1.54) is 12.1 Å². The maximum absolute atomic E-state index is 13.3. The fourth-order valence-corrected chi connectivity index (χ4v) is 3.83. The first-order chi connectivity index (χ1) is 13.6. The normalized spacial score (nSPS) is 12.2. The van der Waals surface area contributed by atoms with Gasteiger partial charge in [-0.2, -0.15) is 0 Å². The molecule has 0 bridgehead atoms. The van der Waals surface area contributed by atoms with Gasteiger partial charge < -0.3 is 15.3 Å². The van der Waals surface area contributed by atoms with E-state index in [4.69, 9.17) is 0 Å². The lowest BCUT2D eigenvalue weighted by Gasteiger charge is -2.18. The van der Waals surface area contributed by atoms with Crippen molar-refractivity contribution in [2.24, 2.45) is 0 Å². The first-order valence-corrected chi connectivity index (χ1v) is 9.50. The van der Waals surface area contributed by atoms with Crippen molar-refractivity contribution in [2.75, 3.05) is 11.9 Å². The van der Waals surface area contributed by atoms with Gasteiger partial charge in [0.15, 0.2) is 0 Å². The van der Waals surface area contributed by atoms with Crippen LogP contribution in [-0.2, 0) is 4.79 Å². The number of halogens is 1. The molecule has 0 aliphatic rings. The molecule has 0 radical (unpaired) electrons. The Morgan fingerprint density at radius 1 is 1.07 bits per heavy atom. The monoisotopic (exact) mass is 396 g/mol. The molecule has 4 rings (SSSR count). The smallest absolute Gasteiger partial charge is 0.323 e. The molecule has 0 unspecified atom stereocenters. The van der Waals surface area contributed by atoms with Gasteiger partial charge in [-0.3, -0.25) is 10.1 Å². The summed E-state index contributed by atoms with van der Waals surface area (Å²) in [4.78, 5) is 30.1. The number of amides is 1. The molecule has 4 N–H and O–H groups in total. The van der Waals surface area contributed by atoms with Gasteiger partial charge >= 0.3 is 5.69 Å². The van der Waals surface area contributed by atoms with Crippen LogP contribution < -0.4 is 16.3 Å². The average molecular weight is 396 g/mol. The van der Waals surface area contributed by atoms with E-state index in [-0.39, 0.29) is 30.0 Å². The molecule has 0 aliphatic carbocycles. The number of benzene rings is 2. The molecule has 1 atom stereocenters. The highest BCUT2D eigenvalue weighted by molar-refractivity contribution is 7.10. The summed E-state index contributed by atoms with van der Waals surface area (Å²) >= 11 is 1.56. The van der Waals surface area contributed by atoms with Crippen molar-refractivity contribution in [3.05, 3.63) is 86.7 Å². The van der Waals surface area contributed by atoms with Crippen molar-refractivity contribution in [3.63, 3.8) is 0 Å². The number of nitrogens with one attached hydrogen (secondary N) is 4. The lowest BCUT2D eigenvalue weighted by Crippen LogP contribution is -2.31. The predicted octanol–water partition coefficient (Wildman–Crippen LogP) is 3.37. The van der Waals surface area contributed by atoms with Crippen molar-refractivity contribution in [2.45, 2.75) is 6.04 Å². The predicted molar refractivity (Wildman–Crippen MR) is 108 cm³/mol. The summed E-state index contributed by atoms with van der Waals surface area (Å²) in [5.74, 6) is -0.523. The third-order valence-electron chi connectivity index (χ3n) is 4.30. The number of rotatable bonds is 6. The van der Waals surface area contributed by atoms with Gasteiger partial charge in [0, 0.05) is 10.6 Å². The summed E-state index contributed by atoms with van der Waals surface area (Å²) < 4.78 is 13.3. The van der Waals surface area contributed by atoms with Crippen molar-refractivity contribution in [1.82, 2.24) is 15.3 Å². The maximum Gasteiger partial charge on any atom is 0.323 e. The maximum atomic E-state index is 13.3. The highest BCUT2D eigenvalue weighted by Crippen LogP contribution is 2.26. The van der Waals surface area contributed by atoms with Crippen LogP contribution in [0.3, 0.4) is 0 Å². The van der Waals surface area contributed by atoms with Gasteiger partial charge in [0.25, 0.3) is 0 Å². The lowest BCUT2D eigenvalue weighted by molar-refractivity contribution is -0.115. The van der Waals surface area contributed by atoms with Crippen molar-refractivity contribution in [3.8, 4) is 0 Å². The highest BCUT2D eigenvalue weighted by Gasteiger charge is 2.16. The molecular weight excluding hydrogens is 379 g/mol. The molecule has 0 spiro atoms. The summed E-state index contributed by atoms with van der Waals surface area (Å²) in [5, 5.41) is 8.00. The quantitative estimate of drug-likeness (QED) is 0.403. The fraction of sp³-hybridized carbons (Fsp3) is 0.100. The van der Waals surface area contributed by atoms with Crippen LogP contribution in [0.1, 0.15) is 16.5 Å². The lowest BCUT2D eigenvalue weighted by atomic mass is 10.1. The number of fused-ring (bicyclic) bond motifs is 1. The Balaban J connectivity index is 1.46. The zero-order chi connectivity index (χ0) is 19.5. The fourth-order valence-electron chi connectivity index (χ4n) is 3.00. The van der Waals surface area contributed by atoms with Crippen molar-refractivity contribution in [1.29, 1.82) is 0 Å². The zero-order valence-electron chi connectivity index (χ0n) is 14.7. The second-order valence-corrected chi connectivity index (χ2v) is 7.25. The van der Waals surface area contributed by atoms with Gasteiger partial charge in [0.1, 0.15) is 5.82 Å². The third kappa shape index (κ3) is 4.03. The molecular formula is C20H17FN4O2S. The molecule has 142 valence electrons. The van der Waals surface area contributed by atoms with Crippen LogP contribution in [0.4, 0.5) is 10.1 Å². The van der Waals surface area contributed by atoms with Gasteiger partial charge in [-0.25, -0.2) is 9.18 Å². The molecule has 1 amide bonds. The highest BCUT2D eigenvalue weighted by atomic mass is 32.1. The van der Waals surface area contributed by atoms with Crippen LogP contribution in [0.15, 0.2) is 64.8 Å². The SMILES string of the molecule is O=C(CN[C@@H](c1ccc(F)cc1)c1cccs1)Nc1ccc2[nH]c(=O)[nH]c2c1. The molecule has 2 heterocycles. The van der Waals surface area contributed by atoms with E-state index in [1.807, 2.05) is 17.5 Å². The second kappa shape index (κ2) is 7.79. The number of imidazole rings is 1. The number of aromatic amines is 2. The molecule has 2 aromatic carbocycles. The number of H-pyrrole nitrogens is 2. The first kappa shape index (κ1) is 18.1. The zero-order valence-corrected chi connectivity index (χ0v) is 15.5. The van der Waals surface area contributed by atoms with Crippen LogP contribution in [0.5, 0.6) is 0 Å². The Morgan fingerprint density at radius 3 is 2.61 bits per heavy atom. The summed E-state index contributed by atoms with van der Waals surface area (Å²) in [5.41, 5.74) is 2.47. The van der Waals surface area contributed by atoms with Crippen molar-refractivity contribution >= 4 is 34.0 Å². The molecule has 6 nitrogen and oxygen atoms in total. The summed E-state index contributed by atoms with van der Waals surface area (Å²) in [6.45, 7) is 0.0711. The number of carbonyl (C=O) groups excluding carboxylic acids is 1. The van der Waals surface area contributed by atoms with Crippen LogP contribution >= 0.6 is 11.3 Å². The minimum atomic E-state index is -0.301. The Morgan fingerprint density at radius 2 is 1.86 bits per heavy atom. The van der Waals surface area contributed by atoms with Gasteiger partial charge in [0.2, 0.25) is 5.91 Å². The minimum absolute atomic E-state index is 0.0711. The summed E-state index contributed by atoms with van der Waals surface area (Å²) in [6.07, 6.45) is 0. The van der Waals surface area contributed by atoms with E-state index in [0.717, 1.165) is 10.4 Å². The number of hydrogen-bond acceptors (Lipinski definition) is 4. The van der Waals surface area contributed by atoms with E-state index in [0.29, 0.717) is 16.7 Å². The largest absolute Gasteiger partial charge is 0.325 e. The number of anilines is 1. The van der Waals surface area contributed by atoms with Crippen LogP contribution in [-0.4, -0.2) is 22.4 Å². The van der Waals surface area contributed by atoms with E-state index in [1.54, 1.807) is 41.7 Å². The molecule has 0 aliphatic heterocycles. The van der Waals surface area contributed by atoms with Gasteiger partial charge in [0.05, 0.1) is 23.6 Å². The van der Waals surface area contributed by atoms with Gasteiger partial charge in [-0.05, 0) is 47.3 Å². The van der Waals surface area contributed by atoms with E-state index in [9.17, 15) is 14.0 Å². The van der Waals surface area contributed by atoms with E-state index in [2.05, 4.69) is 20.6 Å². The third-order valence-corrected chi connectivity index (χ3v) is 5.23. The summed E-state index contributed by atoms with van der Waals surface area (Å²) in [6, 6.07) is 15.1. The Bertz CT molecular complexity index is 1150. The Kier molecular flexibility index (Phi) is 5.05. The number of hydrogen-bond donors (Lipinski definition) is 4. The standard InChI is InChI=1S/C20H17FN4O2S/c21-13-5-3-12(4-6-13)19(17-2-1-9-28-17)22-11-18(26)23-14-7-8-15-16(10-14)25-20(27)24-15/h1-10,19,22H,11H2,(H,23,26)(H2,24,25,27)/t19-/m0/s1. The molecule has 0 fully saturated rings. The van der Waals surface area contributed by atoms with E-state index < -0.39 is 0 Å². The minimum Gasteiger partial charge on any atom is -0.325 e. The first-order valence-electron chi connectivity index (χ1n) is 8.62. The number of thiophene rings is 1. The number of carbonyl (C=O) groups is 1. The molecule has 8 heteroatoms. The molecule has 28 heavy (non-hydrogen) atoms. The molecule has 0 saturated heterocycles. The number of aromatic nitrogens is 2. The van der Waals surface area contributed by atoms with Crippen LogP contribution in [0.25, 0.3) is 11.0 Å². The van der Waals surface area contributed by atoms with E-state index >= 15 is 0 Å². The topological polar surface area (TPSA) is 89.8 Å². The second-order valence-electron chi connectivity index (χ2n) is 6.27. The van der Waals surface area contributed by atoms with Crippen molar-refractivity contribution < 1.29 is 9.18 Å². The Labute approximate surface area is 163 Å². The Hall–Kier alpha value is -3.23. The molecule has 2 aromatic heterocycles. The summed E-state index contributed by atoms with van der Waals surface area (Å²) in [7, 11) is 0. The average Bonchev–Trinajstić information content (AvgIpc) is 3.32. The van der Waals surface area contributed by atoms with Gasteiger partial charge in [-0.1, -0.05) is 18.2 Å². The van der Waals surface area contributed by atoms with Crippen LogP contribution in [0, 0.1) is 5.82 Å². The molecule has 4 aromatic rings. The molecule has 0 saturated carbocycles.